The Hall–Kier alpha value is -2.50. The summed E-state index contributed by atoms with van der Waals surface area (Å²) in [6.07, 6.45) is 3.27. The molecule has 0 bridgehead atoms. The van der Waals surface area contributed by atoms with Gasteiger partial charge < -0.3 is 21.7 Å². The Morgan fingerprint density at radius 3 is 2.31 bits per heavy atom. The summed E-state index contributed by atoms with van der Waals surface area (Å²) in [5, 5.41) is 18.2. The highest BCUT2D eigenvalue weighted by atomic mass is 32.2. The Morgan fingerprint density at radius 2 is 1.81 bits per heavy atom. The molecule has 2 aliphatic rings. The lowest BCUT2D eigenvalue weighted by atomic mass is 9.49. The number of primary amides is 1. The number of fused-ring (bicyclic) bond motifs is 3. The Morgan fingerprint density at radius 1 is 1.17 bits per heavy atom. The molecule has 1 amide bonds. The number of benzene rings is 1. The Balaban J connectivity index is 0.000000388. The third-order valence-electron chi connectivity index (χ3n) is 7.75. The van der Waals surface area contributed by atoms with E-state index in [-0.39, 0.29) is 24.2 Å². The van der Waals surface area contributed by atoms with Crippen LogP contribution in [0.15, 0.2) is 18.2 Å². The van der Waals surface area contributed by atoms with Crippen LogP contribution in [0.25, 0.3) is 0 Å². The molecular weight excluding hydrogens is 488 g/mol. The van der Waals surface area contributed by atoms with Gasteiger partial charge >= 0.3 is 11.9 Å². The number of hydrogen-bond donors (Lipinski definition) is 5. The lowest BCUT2D eigenvalue weighted by Crippen LogP contribution is -2.56. The van der Waals surface area contributed by atoms with Gasteiger partial charge in [-0.3, -0.25) is 18.9 Å². The quantitative estimate of drug-likeness (QED) is 0.316. The number of aliphatic carboxylic acids is 2. The molecule has 0 aliphatic heterocycles. The maximum atomic E-state index is 12.2. The summed E-state index contributed by atoms with van der Waals surface area (Å²) in [6, 6.07) is 5.47. The van der Waals surface area contributed by atoms with E-state index in [2.05, 4.69) is 39.0 Å². The van der Waals surface area contributed by atoms with E-state index in [4.69, 9.17) is 16.6 Å². The molecule has 1 fully saturated rings. The van der Waals surface area contributed by atoms with E-state index in [1.807, 2.05) is 0 Å². The number of carboxylic acid groups (broad SMARTS) is 2. The smallest absolute Gasteiger partial charge is 0.320 e. The van der Waals surface area contributed by atoms with E-state index in [1.165, 1.54) is 11.1 Å². The predicted molar refractivity (Wildman–Crippen MR) is 134 cm³/mol. The van der Waals surface area contributed by atoms with Crippen LogP contribution < -0.4 is 11.5 Å². The van der Waals surface area contributed by atoms with E-state index in [9.17, 15) is 32.5 Å². The Labute approximate surface area is 212 Å². The summed E-state index contributed by atoms with van der Waals surface area (Å²) < 4.78 is 32.8. The van der Waals surface area contributed by atoms with Gasteiger partial charge in [-0.1, -0.05) is 45.4 Å². The molecule has 0 unspecified atom stereocenters. The molecule has 2 aliphatic carbocycles. The molecule has 1 aromatic rings. The highest BCUT2D eigenvalue weighted by Crippen LogP contribution is 2.58. The predicted octanol–water partition coefficient (Wildman–Crippen LogP) is 2.44. The summed E-state index contributed by atoms with van der Waals surface area (Å²) in [5.74, 6) is -3.32. The molecule has 0 aromatic heterocycles. The van der Waals surface area contributed by atoms with Crippen LogP contribution in [0, 0.1) is 11.3 Å². The van der Waals surface area contributed by atoms with Crippen molar-refractivity contribution < 1.29 is 37.6 Å². The molecule has 7 N–H and O–H groups in total. The van der Waals surface area contributed by atoms with Crippen molar-refractivity contribution in [3.8, 4) is 0 Å². The maximum absolute atomic E-state index is 12.2. The normalized spacial score (nSPS) is 26.1. The number of amides is 1. The van der Waals surface area contributed by atoms with Crippen LogP contribution in [0.4, 0.5) is 0 Å². The van der Waals surface area contributed by atoms with Crippen molar-refractivity contribution in [2.75, 3.05) is 5.75 Å². The van der Waals surface area contributed by atoms with E-state index >= 15 is 0 Å². The van der Waals surface area contributed by atoms with Gasteiger partial charge in [-0.05, 0) is 66.0 Å². The number of carbonyl (C=O) groups is 3. The topological polar surface area (TPSA) is 198 Å². The number of carboxylic acids is 2. The van der Waals surface area contributed by atoms with Crippen molar-refractivity contribution in [3.05, 3.63) is 34.9 Å². The fraction of sp³-hybridized carbons (Fsp3) is 0.640. The third kappa shape index (κ3) is 6.63. The molecule has 0 spiro atoms. The van der Waals surface area contributed by atoms with Crippen molar-refractivity contribution in [1.82, 2.24) is 0 Å². The number of aryl methyl sites for hydroxylation is 1. The zero-order valence-corrected chi connectivity index (χ0v) is 21.9. The first kappa shape index (κ1) is 29.7. The standard InChI is InChI=1S/C20H28O5S.C5H10N2O3/c1-13(2)14-5-7-16-15(11-14)6-8-17-19(16,3)9-4-10-20(17,18(21)22)12-26(23,24)25;6-3(5(9)10)1-2-4(7)8/h5,7,11,13,17H,4,6,8-10,12H2,1-3H3,(H,21,22)(H,23,24,25);3H,1-2,6H2,(H2,7,8)(H,9,10)/t17-,19-,20-;3-/m10/s1. The minimum absolute atomic E-state index is 0.0213. The first-order valence-electron chi connectivity index (χ1n) is 12.1. The zero-order valence-electron chi connectivity index (χ0n) is 21.1. The molecule has 1 aromatic carbocycles. The van der Waals surface area contributed by atoms with Crippen LogP contribution in [-0.4, -0.2) is 52.8 Å². The molecule has 0 saturated heterocycles. The van der Waals surface area contributed by atoms with E-state index in [0.717, 1.165) is 18.4 Å². The highest BCUT2D eigenvalue weighted by Gasteiger charge is 2.59. The SMILES string of the molecule is CC(C)c1ccc2c(c1)CC[C@H]1[C@@](CS(=O)(=O)O)(C(=O)O)CCC[C@]21C.NC(=O)CC[C@H](N)C(=O)O. The summed E-state index contributed by atoms with van der Waals surface area (Å²) in [6.45, 7) is 6.38. The van der Waals surface area contributed by atoms with Gasteiger partial charge in [0.15, 0.2) is 0 Å². The number of carbonyl (C=O) groups excluding carboxylic acids is 1. The molecule has 1 saturated carbocycles. The lowest BCUT2D eigenvalue weighted by molar-refractivity contribution is -0.157. The summed E-state index contributed by atoms with van der Waals surface area (Å²) in [7, 11) is -4.38. The van der Waals surface area contributed by atoms with Crippen molar-refractivity contribution in [1.29, 1.82) is 0 Å². The molecule has 3 rings (SSSR count). The lowest BCUT2D eigenvalue weighted by Gasteiger charge is -2.54. The fourth-order valence-corrected chi connectivity index (χ4v) is 7.04. The van der Waals surface area contributed by atoms with Crippen LogP contribution in [0.5, 0.6) is 0 Å². The van der Waals surface area contributed by atoms with Crippen molar-refractivity contribution in [3.63, 3.8) is 0 Å². The van der Waals surface area contributed by atoms with Crippen molar-refractivity contribution >= 4 is 28.0 Å². The Bertz CT molecular complexity index is 1100. The van der Waals surface area contributed by atoms with Crippen LogP contribution >= 0.6 is 0 Å². The second kappa shape index (κ2) is 11.3. The highest BCUT2D eigenvalue weighted by molar-refractivity contribution is 7.85. The second-order valence-electron chi connectivity index (χ2n) is 10.6. The largest absolute Gasteiger partial charge is 0.481 e. The van der Waals surface area contributed by atoms with Gasteiger partial charge in [0, 0.05) is 6.42 Å². The van der Waals surface area contributed by atoms with Crippen LogP contribution in [0.1, 0.15) is 81.9 Å². The first-order chi connectivity index (χ1) is 16.5. The van der Waals surface area contributed by atoms with Gasteiger partial charge in [-0.15, -0.1) is 0 Å². The van der Waals surface area contributed by atoms with Crippen molar-refractivity contribution in [2.24, 2.45) is 22.8 Å². The molecule has 10 nitrogen and oxygen atoms in total. The fourth-order valence-electron chi connectivity index (χ4n) is 5.92. The van der Waals surface area contributed by atoms with Crippen LogP contribution in [0.3, 0.4) is 0 Å². The third-order valence-corrected chi connectivity index (χ3v) is 8.63. The monoisotopic (exact) mass is 526 g/mol. The summed E-state index contributed by atoms with van der Waals surface area (Å²) >= 11 is 0. The number of rotatable bonds is 8. The summed E-state index contributed by atoms with van der Waals surface area (Å²) in [4.78, 5) is 32.4. The molecule has 202 valence electrons. The van der Waals surface area contributed by atoms with Gasteiger partial charge in [0.05, 0.1) is 11.2 Å². The second-order valence-corrected chi connectivity index (χ2v) is 12.0. The van der Waals surface area contributed by atoms with Crippen LogP contribution in [-0.2, 0) is 36.3 Å². The van der Waals surface area contributed by atoms with Gasteiger partial charge in [0.25, 0.3) is 10.1 Å². The molecule has 0 heterocycles. The average molecular weight is 527 g/mol. The van der Waals surface area contributed by atoms with E-state index in [1.54, 1.807) is 0 Å². The number of hydrogen-bond acceptors (Lipinski definition) is 6. The molecule has 4 atom stereocenters. The van der Waals surface area contributed by atoms with E-state index in [0.29, 0.717) is 25.2 Å². The first-order valence-corrected chi connectivity index (χ1v) is 13.7. The average Bonchev–Trinajstić information content (AvgIpc) is 2.76. The summed E-state index contributed by atoms with van der Waals surface area (Å²) in [5.41, 5.74) is 11.7. The minimum Gasteiger partial charge on any atom is -0.481 e. The maximum Gasteiger partial charge on any atom is 0.320 e. The molecular formula is C25H38N2O8S. The van der Waals surface area contributed by atoms with Gasteiger partial charge in [-0.2, -0.15) is 8.42 Å². The van der Waals surface area contributed by atoms with Gasteiger partial charge in [0.1, 0.15) is 6.04 Å². The number of nitrogens with two attached hydrogens (primary N) is 2. The molecule has 0 radical (unpaired) electrons. The van der Waals surface area contributed by atoms with Gasteiger partial charge in [-0.25, -0.2) is 0 Å². The van der Waals surface area contributed by atoms with Gasteiger partial charge in [0.2, 0.25) is 5.91 Å². The van der Waals surface area contributed by atoms with Crippen molar-refractivity contribution in [2.45, 2.75) is 83.1 Å². The minimum atomic E-state index is -4.38. The van der Waals surface area contributed by atoms with Crippen LogP contribution in [0.2, 0.25) is 0 Å². The molecule has 11 heteroatoms. The Kier molecular flexibility index (Phi) is 9.30. The van der Waals surface area contributed by atoms with E-state index < -0.39 is 45.2 Å². The molecule has 36 heavy (non-hydrogen) atoms. The zero-order chi connectivity index (χ0) is 27.5.